The predicted molar refractivity (Wildman–Crippen MR) is 400 cm³/mol. The third-order valence-corrected chi connectivity index (χ3v) is 22.7. The number of ketones is 6. The van der Waals surface area contributed by atoms with Gasteiger partial charge in [-0.1, -0.05) is 48.5 Å². The van der Waals surface area contributed by atoms with Gasteiger partial charge in [0.2, 0.25) is 12.1 Å². The molecule has 38 heteroatoms. The minimum absolute atomic E-state index is 0.000846. The molecule has 3 fully saturated rings. The maximum absolute atomic E-state index is 14.3. The zero-order valence-electron chi connectivity index (χ0n) is 64.2. The minimum atomic E-state index is -2.56. The topological polar surface area (TPSA) is 596 Å². The van der Waals surface area contributed by atoms with Crippen LogP contribution in [0.25, 0.3) is 0 Å². The number of hydrogen-bond acceptors (Lipinski definition) is 35. The maximum Gasteiger partial charge on any atom is 0.407 e. The minimum Gasteiger partial charge on any atom is -0.507 e. The van der Waals surface area contributed by atoms with Crippen molar-refractivity contribution in [3.63, 3.8) is 0 Å². The Morgan fingerprint density at radius 3 is 1.65 bits per heavy atom. The van der Waals surface area contributed by atoms with Crippen LogP contribution in [0.15, 0.2) is 72.8 Å². The van der Waals surface area contributed by atoms with Gasteiger partial charge in [0.25, 0.3) is 0 Å². The molecule has 9 unspecified atom stereocenters. The van der Waals surface area contributed by atoms with Gasteiger partial charge >= 0.3 is 23.8 Å². The van der Waals surface area contributed by atoms with Crippen LogP contribution in [0.4, 0.5) is 15.3 Å². The van der Waals surface area contributed by atoms with Gasteiger partial charge in [0.05, 0.1) is 95.8 Å². The zero-order valence-corrected chi connectivity index (χ0v) is 64.2. The van der Waals surface area contributed by atoms with E-state index in [1.807, 2.05) is 0 Å². The molecular weight excluding hydrogens is 1590 g/mol. The monoisotopic (exact) mass is 1670 g/mol. The Hall–Kier alpha value is -11.5. The van der Waals surface area contributed by atoms with Crippen molar-refractivity contribution in [3.8, 4) is 46.8 Å². The Bertz CT molecular complexity index is 5230. The molecule has 38 nitrogen and oxygen atoms in total. The van der Waals surface area contributed by atoms with Crippen molar-refractivity contribution in [2.45, 2.75) is 195 Å². The molecule has 0 aromatic heterocycles. The molecule has 2 amide bonds. The second-order valence-corrected chi connectivity index (χ2v) is 30.2. The number of nitrogens with one attached hydrogen (secondary N) is 2. The number of aliphatic hydroxyl groups is 10. The molecule has 3 heterocycles. The molecule has 0 spiro atoms. The molecule has 0 bridgehead atoms. The first-order valence-electron chi connectivity index (χ1n) is 37.7. The normalized spacial score (nSPS) is 27.5. The number of alkyl carbamates (subject to hydrolysis) is 2. The third-order valence-electron chi connectivity index (χ3n) is 22.7. The number of aliphatic hydroxyl groups excluding tert-OH is 8. The lowest BCUT2D eigenvalue weighted by Gasteiger charge is -2.42. The molecule has 3 aliphatic heterocycles. The SMILES string of the molecule is C#CCC(OC(=O)Cc1ccc(COC(=O)N[C@@H]2C[C@H](O[C@H]3C[C@](O)(C(=O)CO)Cc4c(O)c5c(c(O)c43)C(=O)c3c(C)cccc3C5=O)OC(C)C2O)cc1COC(=O)NC1CC(O[C@H]2C[C@](O)(C(=O)CO)Cc3c(O)c4c(c(O)c32)C(=O)c2c(OC)cccc2C4=O)OC(C)C1O)c1ccc(O[C@@H]2OC(CO)[C@H](O)[C@H](O)C2O)c([N+](=O)[O-])c1. The highest BCUT2D eigenvalue weighted by Crippen LogP contribution is 2.55. The zero-order chi connectivity index (χ0) is 86.7. The van der Waals surface area contributed by atoms with Crippen molar-refractivity contribution in [3.05, 3.63) is 177 Å². The summed E-state index contributed by atoms with van der Waals surface area (Å²) in [5, 5.41) is 173. The molecule has 16 N–H and O–H groups in total. The Labute approximate surface area is 679 Å². The van der Waals surface area contributed by atoms with Crippen molar-refractivity contribution in [1.29, 1.82) is 0 Å². The van der Waals surface area contributed by atoms with Crippen molar-refractivity contribution < 1.29 is 167 Å². The maximum atomic E-state index is 14.3. The first kappa shape index (κ1) is 86.4. The molecule has 636 valence electrons. The van der Waals surface area contributed by atoms with Crippen LogP contribution < -0.4 is 20.1 Å². The Balaban J connectivity index is 0.739. The Kier molecular flexibility index (Phi) is 24.7. The summed E-state index contributed by atoms with van der Waals surface area (Å²) in [5.41, 5.74) is -9.98. The highest BCUT2D eigenvalue weighted by molar-refractivity contribution is 6.32. The van der Waals surface area contributed by atoms with E-state index in [-0.39, 0.29) is 66.9 Å². The van der Waals surface area contributed by atoms with E-state index in [2.05, 4.69) is 16.6 Å². The number of methoxy groups -OCH3 is 1. The fourth-order valence-electron chi connectivity index (χ4n) is 16.5. The van der Waals surface area contributed by atoms with E-state index in [1.165, 1.54) is 75.6 Å². The van der Waals surface area contributed by atoms with Gasteiger partial charge in [-0.2, -0.15) is 0 Å². The average Bonchev–Trinajstić information content (AvgIpc) is 0.714. The van der Waals surface area contributed by atoms with E-state index in [0.29, 0.717) is 5.56 Å². The number of Topliss-reactive ketones (excluding diaryl/α,β-unsaturated/α-hetero) is 2. The number of aromatic hydroxyl groups is 4. The Morgan fingerprint density at radius 2 is 1.13 bits per heavy atom. The van der Waals surface area contributed by atoms with Gasteiger partial charge in [0.1, 0.15) is 109 Å². The second-order valence-electron chi connectivity index (χ2n) is 30.2. The number of hydrogen-bond donors (Lipinski definition) is 16. The van der Waals surface area contributed by atoms with E-state index in [0.717, 1.165) is 12.1 Å². The summed E-state index contributed by atoms with van der Waals surface area (Å²) in [6.45, 7) is -0.353. The molecule has 6 aromatic carbocycles. The smallest absolute Gasteiger partial charge is 0.407 e. The first-order valence-corrected chi connectivity index (χ1v) is 37.7. The van der Waals surface area contributed by atoms with Crippen LogP contribution in [0.2, 0.25) is 0 Å². The second kappa shape index (κ2) is 34.3. The lowest BCUT2D eigenvalue weighted by molar-refractivity contribution is -0.387. The van der Waals surface area contributed by atoms with E-state index < -0.39 is 314 Å². The summed E-state index contributed by atoms with van der Waals surface area (Å²) in [5.74, 6) is -8.69. The number of ether oxygens (including phenoxy) is 10. The number of fused-ring (bicyclic) bond motifs is 6. The van der Waals surface area contributed by atoms with Gasteiger partial charge in [-0.25, -0.2) is 9.59 Å². The number of aryl methyl sites for hydroxylation is 1. The van der Waals surface area contributed by atoms with Gasteiger partial charge < -0.3 is 129 Å². The van der Waals surface area contributed by atoms with Gasteiger partial charge in [-0.3, -0.25) is 43.7 Å². The predicted octanol–water partition coefficient (Wildman–Crippen LogP) is 1.49. The quantitative estimate of drug-likeness (QED) is 0.0102. The number of nitrogens with zero attached hydrogens (tertiary/aromatic N) is 1. The summed E-state index contributed by atoms with van der Waals surface area (Å²) in [7, 11) is 1.23. The van der Waals surface area contributed by atoms with Crippen molar-refractivity contribution in [2.75, 3.05) is 26.9 Å². The number of esters is 1. The fourth-order valence-corrected chi connectivity index (χ4v) is 16.5. The highest BCUT2D eigenvalue weighted by Gasteiger charge is 2.54. The summed E-state index contributed by atoms with van der Waals surface area (Å²) >= 11 is 0. The van der Waals surface area contributed by atoms with Crippen molar-refractivity contribution >= 4 is 58.5 Å². The number of benzene rings is 6. The van der Waals surface area contributed by atoms with Gasteiger partial charge in [0, 0.05) is 89.1 Å². The highest BCUT2D eigenvalue weighted by atomic mass is 16.7. The standard InChI is InChI=1S/C82H83N3O35/c1-6-9-46(37-16-17-47(45(19-37)85(109)110)119-78-77(104)76(103)71(98)51(27-86)120-78)116-54(91)20-36-15-14-35(30-112-79(105)83-43-21-55(114-33(3)65(43)92)117-49-25-81(107,52(89)28-87)23-41-59(49)74(101)63-61(69(41)96)67(94)39-11-7-10-32(2)57(39)72(63)99)18-38(36)31-113-80(106)84-44-22-56(115-34(4)66(44)93)118-50-26-82(108,53(90)29-88)24-42-60(50)75(102)64-62(70(42)97)68(95)40-12-8-13-48(111-5)58(40)73(64)100/h1,7-8,10-19,33-34,43-44,46,49-51,55-56,65-66,71,76-78,86-88,92-93,96-98,101-104,107-108H,9,20-31H2,2-5H3,(H,83,105)(H,84,106)/t33?,34?,43-,44?,46?,49+,50+,51?,55+,56?,65?,66?,71+,76+,77?,78-,81+,82+/m1/s1. The number of phenolic OH excluding ortho intramolecular Hbond substituents is 4. The number of carbonyl (C=O) groups excluding carboxylic acids is 9. The molecule has 18 atom stereocenters. The number of amides is 2. The van der Waals surface area contributed by atoms with Gasteiger partial charge in [-0.15, -0.1) is 12.3 Å². The number of carbonyl (C=O) groups is 9. The number of nitro groups is 1. The van der Waals surface area contributed by atoms with Crippen LogP contribution in [0, 0.1) is 29.4 Å². The number of phenols is 4. The summed E-state index contributed by atoms with van der Waals surface area (Å²) < 4.78 is 58.1. The van der Waals surface area contributed by atoms with Crippen molar-refractivity contribution in [2.24, 2.45) is 0 Å². The fraction of sp³-hybridized carbons (Fsp3) is 0.427. The average molecular weight is 1670 g/mol. The lowest BCUT2D eigenvalue weighted by atomic mass is 9.71. The van der Waals surface area contributed by atoms with Crippen LogP contribution in [0.1, 0.15) is 178 Å². The van der Waals surface area contributed by atoms with Crippen LogP contribution in [-0.2, 0) is 84.8 Å². The van der Waals surface area contributed by atoms with Gasteiger partial charge in [0.15, 0.2) is 47.2 Å². The van der Waals surface area contributed by atoms with Crippen LogP contribution in [0.5, 0.6) is 34.5 Å². The van der Waals surface area contributed by atoms with E-state index in [4.69, 9.17) is 53.8 Å². The van der Waals surface area contributed by atoms with E-state index >= 15 is 0 Å². The first-order chi connectivity index (χ1) is 57.0. The molecule has 6 aromatic rings. The molecule has 0 radical (unpaired) electrons. The largest absolute Gasteiger partial charge is 0.507 e. The third kappa shape index (κ3) is 16.1. The number of terminal acetylenes is 1. The van der Waals surface area contributed by atoms with Crippen LogP contribution in [-0.4, -0.2) is 247 Å². The summed E-state index contributed by atoms with van der Waals surface area (Å²) in [6.07, 6.45) is -24.3. The summed E-state index contributed by atoms with van der Waals surface area (Å²) in [6, 6.07) is 13.0. The number of rotatable bonds is 24. The Morgan fingerprint density at radius 1 is 0.617 bits per heavy atom. The summed E-state index contributed by atoms with van der Waals surface area (Å²) in [4.78, 5) is 137. The molecule has 120 heavy (non-hydrogen) atoms. The number of nitro benzene ring substituents is 1. The van der Waals surface area contributed by atoms with E-state index in [1.54, 1.807) is 13.0 Å². The molecule has 7 aliphatic rings. The van der Waals surface area contributed by atoms with Crippen LogP contribution in [0.3, 0.4) is 0 Å². The molecule has 3 saturated heterocycles. The molecular formula is C82H83N3O35. The van der Waals surface area contributed by atoms with E-state index in [9.17, 15) is 125 Å². The molecule has 0 saturated carbocycles. The van der Waals surface area contributed by atoms with Gasteiger partial charge in [-0.05, 0) is 61.2 Å². The van der Waals surface area contributed by atoms with Crippen LogP contribution >= 0.6 is 0 Å². The van der Waals surface area contributed by atoms with Crippen molar-refractivity contribution in [1.82, 2.24) is 10.6 Å². The molecule has 13 rings (SSSR count). The molecule has 4 aliphatic carbocycles. The lowest BCUT2D eigenvalue weighted by Crippen LogP contribution is -2.60.